The van der Waals surface area contributed by atoms with Gasteiger partial charge in [0.1, 0.15) is 12.1 Å². The van der Waals surface area contributed by atoms with Crippen LogP contribution >= 0.6 is 15.9 Å². The lowest BCUT2D eigenvalue weighted by Gasteiger charge is -2.06. The Morgan fingerprint density at radius 3 is 2.62 bits per heavy atom. The Hall–Kier alpha value is -1.42. The third-order valence-corrected chi connectivity index (χ3v) is 2.72. The van der Waals surface area contributed by atoms with Gasteiger partial charge in [-0.3, -0.25) is 0 Å². The predicted octanol–water partition coefficient (Wildman–Crippen LogP) is 3.59. The van der Waals surface area contributed by atoms with Gasteiger partial charge in [-0.25, -0.2) is 9.97 Å². The van der Waals surface area contributed by atoms with Gasteiger partial charge < -0.3 is 4.74 Å². The van der Waals surface area contributed by atoms with Crippen LogP contribution in [-0.4, -0.2) is 9.97 Å². The lowest BCUT2D eigenvalue weighted by molar-refractivity contribution is 0.458. The van der Waals surface area contributed by atoms with Crippen LogP contribution in [0.4, 0.5) is 0 Å². The summed E-state index contributed by atoms with van der Waals surface area (Å²) in [6, 6.07) is 7.97. The highest BCUT2D eigenvalue weighted by Gasteiger charge is 2.03. The summed E-state index contributed by atoms with van der Waals surface area (Å²) in [5, 5.41) is 0. The SMILES string of the molecule is CCc1ccc(Oc2ncncc2Br)cc1. The van der Waals surface area contributed by atoms with Crippen molar-refractivity contribution in [2.24, 2.45) is 0 Å². The standard InChI is InChI=1S/C12H11BrN2O/c1-2-9-3-5-10(6-4-9)16-12-11(13)7-14-8-15-12/h3-8H,2H2,1H3. The van der Waals surface area contributed by atoms with Crippen LogP contribution in [0.25, 0.3) is 0 Å². The maximum atomic E-state index is 5.61. The number of ether oxygens (including phenoxy) is 1. The van der Waals surface area contributed by atoms with Crippen molar-refractivity contribution in [2.75, 3.05) is 0 Å². The molecule has 0 aliphatic carbocycles. The van der Waals surface area contributed by atoms with Crippen molar-refractivity contribution in [3.05, 3.63) is 46.8 Å². The molecule has 0 saturated carbocycles. The zero-order valence-electron chi connectivity index (χ0n) is 8.85. The van der Waals surface area contributed by atoms with Crippen LogP contribution in [0.1, 0.15) is 12.5 Å². The normalized spacial score (nSPS) is 10.1. The second kappa shape index (κ2) is 5.07. The number of benzene rings is 1. The van der Waals surface area contributed by atoms with Crippen molar-refractivity contribution in [1.82, 2.24) is 9.97 Å². The highest BCUT2D eigenvalue weighted by atomic mass is 79.9. The van der Waals surface area contributed by atoms with E-state index in [9.17, 15) is 0 Å². The molecule has 2 rings (SSSR count). The molecular formula is C12H11BrN2O. The lowest BCUT2D eigenvalue weighted by atomic mass is 10.2. The molecule has 0 unspecified atom stereocenters. The summed E-state index contributed by atoms with van der Waals surface area (Å²) in [6.45, 7) is 2.12. The van der Waals surface area contributed by atoms with E-state index < -0.39 is 0 Å². The summed E-state index contributed by atoms with van der Waals surface area (Å²) in [6.07, 6.45) is 4.14. The molecule has 1 heterocycles. The second-order valence-corrected chi connectivity index (χ2v) is 4.13. The number of hydrogen-bond donors (Lipinski definition) is 0. The molecule has 0 aliphatic rings. The minimum absolute atomic E-state index is 0.527. The summed E-state index contributed by atoms with van der Waals surface area (Å²) in [5.41, 5.74) is 1.29. The van der Waals surface area contributed by atoms with Gasteiger partial charge >= 0.3 is 0 Å². The molecule has 0 radical (unpaired) electrons. The highest BCUT2D eigenvalue weighted by molar-refractivity contribution is 9.10. The Labute approximate surface area is 103 Å². The molecule has 4 heteroatoms. The molecule has 0 atom stereocenters. The molecule has 0 aliphatic heterocycles. The van der Waals surface area contributed by atoms with Gasteiger partial charge in [0.15, 0.2) is 0 Å². The van der Waals surface area contributed by atoms with Gasteiger partial charge in [-0.2, -0.15) is 0 Å². The summed E-state index contributed by atoms with van der Waals surface area (Å²) in [7, 11) is 0. The Bertz CT molecular complexity index is 471. The first-order chi connectivity index (χ1) is 7.79. The summed E-state index contributed by atoms with van der Waals surface area (Å²) in [5.74, 6) is 1.30. The van der Waals surface area contributed by atoms with E-state index in [4.69, 9.17) is 4.74 Å². The molecule has 2 aromatic rings. The molecule has 0 amide bonds. The maximum Gasteiger partial charge on any atom is 0.236 e. The summed E-state index contributed by atoms with van der Waals surface area (Å²) < 4.78 is 6.36. The first kappa shape index (κ1) is 11.1. The van der Waals surface area contributed by atoms with Crippen molar-refractivity contribution in [1.29, 1.82) is 0 Å². The quantitative estimate of drug-likeness (QED) is 0.861. The average molecular weight is 279 g/mol. The summed E-state index contributed by atoms with van der Waals surface area (Å²) >= 11 is 3.33. The lowest BCUT2D eigenvalue weighted by Crippen LogP contribution is -1.90. The first-order valence-corrected chi connectivity index (χ1v) is 5.81. The monoisotopic (exact) mass is 278 g/mol. The topological polar surface area (TPSA) is 35.0 Å². The Morgan fingerprint density at radius 2 is 2.00 bits per heavy atom. The van der Waals surface area contributed by atoms with Crippen molar-refractivity contribution >= 4 is 15.9 Å². The molecule has 0 saturated heterocycles. The van der Waals surface area contributed by atoms with Crippen LogP contribution < -0.4 is 4.74 Å². The number of halogens is 1. The molecule has 0 N–H and O–H groups in total. The van der Waals surface area contributed by atoms with E-state index >= 15 is 0 Å². The van der Waals surface area contributed by atoms with Crippen LogP contribution in [-0.2, 0) is 6.42 Å². The van der Waals surface area contributed by atoms with Gasteiger partial charge in [0.25, 0.3) is 0 Å². The third kappa shape index (κ3) is 2.58. The van der Waals surface area contributed by atoms with Gasteiger partial charge in [-0.1, -0.05) is 19.1 Å². The van der Waals surface area contributed by atoms with E-state index in [2.05, 4.69) is 32.8 Å². The van der Waals surface area contributed by atoms with E-state index in [1.807, 2.05) is 24.3 Å². The van der Waals surface area contributed by atoms with E-state index in [-0.39, 0.29) is 0 Å². The van der Waals surface area contributed by atoms with Gasteiger partial charge in [0, 0.05) is 6.20 Å². The largest absolute Gasteiger partial charge is 0.438 e. The van der Waals surface area contributed by atoms with Crippen LogP contribution in [0.3, 0.4) is 0 Å². The van der Waals surface area contributed by atoms with Crippen LogP contribution in [0.2, 0.25) is 0 Å². The third-order valence-electron chi connectivity index (χ3n) is 2.18. The van der Waals surface area contributed by atoms with Crippen LogP contribution in [0, 0.1) is 0 Å². The molecule has 0 spiro atoms. The molecule has 82 valence electrons. The van der Waals surface area contributed by atoms with E-state index in [0.717, 1.165) is 16.6 Å². The molecule has 3 nitrogen and oxygen atoms in total. The minimum atomic E-state index is 0.527. The molecule has 0 bridgehead atoms. The fourth-order valence-electron chi connectivity index (χ4n) is 1.28. The molecule has 16 heavy (non-hydrogen) atoms. The van der Waals surface area contributed by atoms with Crippen molar-refractivity contribution in [2.45, 2.75) is 13.3 Å². The maximum absolute atomic E-state index is 5.61. The van der Waals surface area contributed by atoms with E-state index in [1.54, 1.807) is 6.20 Å². The van der Waals surface area contributed by atoms with Crippen molar-refractivity contribution in [3.8, 4) is 11.6 Å². The Balaban J connectivity index is 2.18. The fraction of sp³-hybridized carbons (Fsp3) is 0.167. The van der Waals surface area contributed by atoms with Crippen molar-refractivity contribution < 1.29 is 4.74 Å². The number of nitrogens with zero attached hydrogens (tertiary/aromatic N) is 2. The fourth-order valence-corrected chi connectivity index (χ4v) is 1.58. The zero-order chi connectivity index (χ0) is 11.4. The van der Waals surface area contributed by atoms with Crippen LogP contribution in [0.15, 0.2) is 41.3 Å². The first-order valence-electron chi connectivity index (χ1n) is 5.02. The molecule has 1 aromatic carbocycles. The number of aromatic nitrogens is 2. The number of hydrogen-bond acceptors (Lipinski definition) is 3. The van der Waals surface area contributed by atoms with Gasteiger partial charge in [0.05, 0.1) is 4.47 Å². The van der Waals surface area contributed by atoms with E-state index in [0.29, 0.717) is 5.88 Å². The highest BCUT2D eigenvalue weighted by Crippen LogP contribution is 2.26. The smallest absolute Gasteiger partial charge is 0.236 e. The van der Waals surface area contributed by atoms with Crippen LogP contribution in [0.5, 0.6) is 11.6 Å². The van der Waals surface area contributed by atoms with E-state index in [1.165, 1.54) is 11.9 Å². The average Bonchev–Trinajstić information content (AvgIpc) is 2.33. The van der Waals surface area contributed by atoms with Gasteiger partial charge in [-0.15, -0.1) is 0 Å². The molecule has 1 aromatic heterocycles. The van der Waals surface area contributed by atoms with Crippen molar-refractivity contribution in [3.63, 3.8) is 0 Å². The number of aryl methyl sites for hydroxylation is 1. The Kier molecular flexibility index (Phi) is 3.51. The zero-order valence-corrected chi connectivity index (χ0v) is 10.4. The minimum Gasteiger partial charge on any atom is -0.438 e. The predicted molar refractivity (Wildman–Crippen MR) is 65.6 cm³/mol. The summed E-state index contributed by atoms with van der Waals surface area (Å²) in [4.78, 5) is 7.91. The van der Waals surface area contributed by atoms with Gasteiger partial charge in [0.2, 0.25) is 5.88 Å². The van der Waals surface area contributed by atoms with Gasteiger partial charge in [-0.05, 0) is 40.0 Å². The second-order valence-electron chi connectivity index (χ2n) is 3.28. The molecule has 0 fully saturated rings. The molecular weight excluding hydrogens is 268 g/mol. The Morgan fingerprint density at radius 1 is 1.25 bits per heavy atom. The number of rotatable bonds is 3.